The van der Waals surface area contributed by atoms with Crippen molar-refractivity contribution in [1.82, 2.24) is 19.5 Å². The van der Waals surface area contributed by atoms with Crippen molar-refractivity contribution in [1.29, 1.82) is 0 Å². The number of amides is 1. The van der Waals surface area contributed by atoms with Gasteiger partial charge in [-0.25, -0.2) is 14.2 Å². The molecule has 0 bridgehead atoms. The number of aromatic nitrogens is 4. The lowest BCUT2D eigenvalue weighted by molar-refractivity contribution is 0.0576. The lowest BCUT2D eigenvalue weighted by Gasteiger charge is -2.27. The summed E-state index contributed by atoms with van der Waals surface area (Å²) in [6, 6.07) is 4.82. The van der Waals surface area contributed by atoms with E-state index in [1.54, 1.807) is 57.8 Å². The molecule has 0 radical (unpaired) electrons. The molecule has 0 fully saturated rings. The Hall–Kier alpha value is -2.74. The van der Waals surface area contributed by atoms with Crippen LogP contribution in [-0.4, -0.2) is 31.2 Å². The highest BCUT2D eigenvalue weighted by molar-refractivity contribution is 6.28. The van der Waals surface area contributed by atoms with Crippen molar-refractivity contribution >= 4 is 34.7 Å². The zero-order valence-electron chi connectivity index (χ0n) is 18.3. The van der Waals surface area contributed by atoms with E-state index in [-0.39, 0.29) is 17.6 Å². The molecule has 2 heterocycles. The highest BCUT2D eigenvalue weighted by Gasteiger charge is 2.28. The van der Waals surface area contributed by atoms with Gasteiger partial charge in [0.05, 0.1) is 12.9 Å². The minimum atomic E-state index is -0.746. The Labute approximate surface area is 180 Å². The number of carbonyl (C=O) groups is 1. The SMILES string of the molecule is CC.Cc1ccc(CN(C(=O)OC(C)(C)C)c2nc(Cl)nc3ncn(C)c23)c(F)c1. The van der Waals surface area contributed by atoms with Crippen LogP contribution in [0.4, 0.5) is 15.0 Å². The Morgan fingerprint density at radius 2 is 1.93 bits per heavy atom. The molecule has 0 aliphatic rings. The molecule has 0 atom stereocenters. The first-order valence-corrected chi connectivity index (χ1v) is 10.0. The highest BCUT2D eigenvalue weighted by atomic mass is 35.5. The maximum atomic E-state index is 14.5. The maximum Gasteiger partial charge on any atom is 0.416 e. The van der Waals surface area contributed by atoms with E-state index in [0.717, 1.165) is 5.56 Å². The Balaban J connectivity index is 0.00000155. The molecule has 3 rings (SSSR count). The lowest BCUT2D eigenvalue weighted by Crippen LogP contribution is -2.37. The summed E-state index contributed by atoms with van der Waals surface area (Å²) in [4.78, 5) is 26.7. The van der Waals surface area contributed by atoms with Crippen molar-refractivity contribution in [3.8, 4) is 0 Å². The smallest absolute Gasteiger partial charge is 0.416 e. The second-order valence-electron chi connectivity index (χ2n) is 7.51. The van der Waals surface area contributed by atoms with Crippen molar-refractivity contribution in [2.24, 2.45) is 7.05 Å². The summed E-state index contributed by atoms with van der Waals surface area (Å²) in [5.41, 5.74) is 1.17. The summed E-state index contributed by atoms with van der Waals surface area (Å²) < 4.78 is 21.7. The number of anilines is 1. The van der Waals surface area contributed by atoms with Crippen LogP contribution in [0.3, 0.4) is 0 Å². The fourth-order valence-corrected chi connectivity index (χ4v) is 2.85. The molecule has 0 N–H and O–H groups in total. The van der Waals surface area contributed by atoms with Crippen LogP contribution in [0.1, 0.15) is 45.7 Å². The van der Waals surface area contributed by atoms with Gasteiger partial charge in [-0.1, -0.05) is 26.0 Å². The first kappa shape index (κ1) is 23.5. The molecule has 0 aliphatic carbocycles. The van der Waals surface area contributed by atoms with Crippen molar-refractivity contribution in [2.45, 2.75) is 53.7 Å². The number of nitrogens with zero attached hydrogens (tertiary/aromatic N) is 5. The zero-order chi connectivity index (χ0) is 22.6. The van der Waals surface area contributed by atoms with Crippen LogP contribution >= 0.6 is 11.6 Å². The van der Waals surface area contributed by atoms with Crippen molar-refractivity contribution < 1.29 is 13.9 Å². The van der Waals surface area contributed by atoms with E-state index >= 15 is 0 Å². The van der Waals surface area contributed by atoms with Gasteiger partial charge in [-0.2, -0.15) is 9.97 Å². The molecule has 0 unspecified atom stereocenters. The molecule has 0 spiro atoms. The van der Waals surface area contributed by atoms with Gasteiger partial charge in [-0.3, -0.25) is 4.90 Å². The number of aryl methyl sites for hydroxylation is 2. The van der Waals surface area contributed by atoms with E-state index in [9.17, 15) is 9.18 Å². The van der Waals surface area contributed by atoms with Crippen LogP contribution in [-0.2, 0) is 18.3 Å². The number of carbonyl (C=O) groups excluding carboxylic acids is 1. The predicted molar refractivity (Wildman–Crippen MR) is 116 cm³/mol. The number of rotatable bonds is 3. The quantitative estimate of drug-likeness (QED) is 0.512. The number of hydrogen-bond acceptors (Lipinski definition) is 5. The Morgan fingerprint density at radius 3 is 2.53 bits per heavy atom. The monoisotopic (exact) mass is 435 g/mol. The van der Waals surface area contributed by atoms with Gasteiger partial charge < -0.3 is 9.30 Å². The lowest BCUT2D eigenvalue weighted by atomic mass is 10.1. The van der Waals surface area contributed by atoms with Gasteiger partial charge in [-0.15, -0.1) is 0 Å². The standard InChI is InChI=1S/C19H21ClFN5O2.C2H6/c1-11-6-7-12(13(21)8-11)9-26(18(27)28-19(2,3)4)16-14-15(22-10-25(14)5)23-17(20)24-16;1-2/h6-8,10H,9H2,1-5H3;1-2H3. The first-order valence-electron chi connectivity index (χ1n) is 9.65. The molecule has 1 amide bonds. The Morgan fingerprint density at radius 1 is 1.27 bits per heavy atom. The van der Waals surface area contributed by atoms with Gasteiger partial charge in [0.25, 0.3) is 0 Å². The molecule has 0 aliphatic heterocycles. The van der Waals surface area contributed by atoms with Crippen molar-refractivity contribution in [2.75, 3.05) is 4.90 Å². The summed E-state index contributed by atoms with van der Waals surface area (Å²) in [6.07, 6.45) is 0.864. The molecule has 3 aromatic rings. The Kier molecular flexibility index (Phi) is 7.36. The predicted octanol–water partition coefficient (Wildman–Crippen LogP) is 5.43. The number of fused-ring (bicyclic) bond motifs is 1. The normalized spacial score (nSPS) is 11.1. The molecule has 0 saturated heterocycles. The van der Waals surface area contributed by atoms with Crippen LogP contribution in [0.5, 0.6) is 0 Å². The third kappa shape index (κ3) is 5.44. The summed E-state index contributed by atoms with van der Waals surface area (Å²) >= 11 is 6.05. The minimum absolute atomic E-state index is 0.0702. The largest absolute Gasteiger partial charge is 0.443 e. The summed E-state index contributed by atoms with van der Waals surface area (Å²) in [5.74, 6) is -0.223. The molecular weight excluding hydrogens is 409 g/mol. The van der Waals surface area contributed by atoms with Gasteiger partial charge in [0.1, 0.15) is 16.9 Å². The summed E-state index contributed by atoms with van der Waals surface area (Å²) in [6.45, 7) is 11.0. The van der Waals surface area contributed by atoms with Gasteiger partial charge in [0.15, 0.2) is 11.5 Å². The van der Waals surface area contributed by atoms with Gasteiger partial charge in [0.2, 0.25) is 5.28 Å². The van der Waals surface area contributed by atoms with Gasteiger partial charge in [0, 0.05) is 12.6 Å². The van der Waals surface area contributed by atoms with Crippen molar-refractivity contribution in [3.63, 3.8) is 0 Å². The maximum absolute atomic E-state index is 14.5. The van der Waals surface area contributed by atoms with E-state index in [1.165, 1.54) is 11.0 Å². The summed E-state index contributed by atoms with van der Waals surface area (Å²) in [7, 11) is 1.75. The topological polar surface area (TPSA) is 73.1 Å². The minimum Gasteiger partial charge on any atom is -0.443 e. The highest BCUT2D eigenvalue weighted by Crippen LogP contribution is 2.28. The second kappa shape index (κ2) is 9.38. The third-order valence-electron chi connectivity index (χ3n) is 3.93. The third-order valence-corrected chi connectivity index (χ3v) is 4.10. The number of hydrogen-bond donors (Lipinski definition) is 0. The second-order valence-corrected chi connectivity index (χ2v) is 7.84. The molecule has 9 heteroatoms. The molecule has 30 heavy (non-hydrogen) atoms. The molecule has 162 valence electrons. The number of halogens is 2. The van der Waals surface area contributed by atoms with Gasteiger partial charge >= 0.3 is 6.09 Å². The van der Waals surface area contributed by atoms with E-state index in [2.05, 4.69) is 15.0 Å². The fraction of sp³-hybridized carbons (Fsp3) is 0.429. The van der Waals surface area contributed by atoms with E-state index in [1.807, 2.05) is 13.8 Å². The van der Waals surface area contributed by atoms with Crippen LogP contribution in [0.2, 0.25) is 5.28 Å². The number of imidazole rings is 1. The molecular formula is C21H27ClFN5O2. The van der Waals surface area contributed by atoms with Crippen LogP contribution in [0.15, 0.2) is 24.5 Å². The number of benzene rings is 1. The van der Waals surface area contributed by atoms with E-state index in [0.29, 0.717) is 16.7 Å². The molecule has 7 nitrogen and oxygen atoms in total. The van der Waals surface area contributed by atoms with Crippen molar-refractivity contribution in [3.05, 3.63) is 46.8 Å². The van der Waals surface area contributed by atoms with Crippen LogP contribution in [0.25, 0.3) is 11.2 Å². The average molecular weight is 436 g/mol. The fourth-order valence-electron chi connectivity index (χ4n) is 2.69. The first-order chi connectivity index (χ1) is 14.0. The van der Waals surface area contributed by atoms with E-state index < -0.39 is 17.5 Å². The molecule has 2 aromatic heterocycles. The Bertz CT molecular complexity index is 1050. The van der Waals surface area contributed by atoms with E-state index in [4.69, 9.17) is 16.3 Å². The number of ether oxygens (including phenoxy) is 1. The van der Waals surface area contributed by atoms with Gasteiger partial charge in [-0.05, 0) is 50.9 Å². The zero-order valence-corrected chi connectivity index (χ0v) is 19.1. The van der Waals surface area contributed by atoms with Crippen LogP contribution in [0, 0.1) is 12.7 Å². The average Bonchev–Trinajstić information content (AvgIpc) is 3.01. The molecule has 1 aromatic carbocycles. The molecule has 0 saturated carbocycles. The summed E-state index contributed by atoms with van der Waals surface area (Å²) in [5, 5.41) is -0.0702. The van der Waals surface area contributed by atoms with Crippen LogP contribution < -0.4 is 4.90 Å².